The Labute approximate surface area is 144 Å². The van der Waals surface area contributed by atoms with Gasteiger partial charge in [-0.1, -0.05) is 43.1 Å². The zero-order chi connectivity index (χ0) is 17.7. The van der Waals surface area contributed by atoms with E-state index in [0.29, 0.717) is 22.8 Å². The lowest BCUT2D eigenvalue weighted by Crippen LogP contribution is -2.40. The summed E-state index contributed by atoms with van der Waals surface area (Å²) in [5.74, 6) is -1.62. The molecule has 0 spiro atoms. The monoisotopic (exact) mass is 350 g/mol. The maximum atomic E-state index is 12.4. The minimum atomic E-state index is -1.08. The fraction of sp³-hybridized carbons (Fsp3) is 0.375. The van der Waals surface area contributed by atoms with Gasteiger partial charge in [0.2, 0.25) is 0 Å². The van der Waals surface area contributed by atoms with Gasteiger partial charge in [-0.2, -0.15) is 0 Å². The summed E-state index contributed by atoms with van der Waals surface area (Å²) in [6.07, 6.45) is 1.64. The molecule has 2 N–H and O–H groups in total. The number of carbonyl (C=O) groups is 2. The molecule has 2 rings (SSSR count). The minimum absolute atomic E-state index is 0.136. The van der Waals surface area contributed by atoms with Gasteiger partial charge in [-0.15, -0.1) is 5.10 Å². The van der Waals surface area contributed by atoms with Gasteiger partial charge < -0.3 is 10.4 Å². The maximum Gasteiger partial charge on any atom is 0.326 e. The highest BCUT2D eigenvalue weighted by Crippen LogP contribution is 2.18. The van der Waals surface area contributed by atoms with Gasteiger partial charge in [-0.3, -0.25) is 4.79 Å². The first-order chi connectivity index (χ1) is 11.5. The number of nitrogens with one attached hydrogen (secondary N) is 1. The summed E-state index contributed by atoms with van der Waals surface area (Å²) >= 11 is 6.01. The molecule has 1 amide bonds. The van der Waals surface area contributed by atoms with Crippen LogP contribution in [-0.4, -0.2) is 38.0 Å². The SMILES string of the molecule is CCCc1c(C(=O)NC(CC)C(=O)O)nnn1-c1cccc(Cl)c1. The molecule has 24 heavy (non-hydrogen) atoms. The van der Waals surface area contributed by atoms with E-state index in [0.717, 1.165) is 6.42 Å². The van der Waals surface area contributed by atoms with Crippen LogP contribution in [0.3, 0.4) is 0 Å². The molecule has 0 aliphatic carbocycles. The van der Waals surface area contributed by atoms with Crippen molar-refractivity contribution in [2.45, 2.75) is 39.2 Å². The van der Waals surface area contributed by atoms with E-state index >= 15 is 0 Å². The maximum absolute atomic E-state index is 12.4. The molecular weight excluding hydrogens is 332 g/mol. The molecule has 0 aliphatic rings. The minimum Gasteiger partial charge on any atom is -0.480 e. The van der Waals surface area contributed by atoms with Gasteiger partial charge in [0.1, 0.15) is 6.04 Å². The van der Waals surface area contributed by atoms with Gasteiger partial charge in [-0.05, 0) is 31.0 Å². The molecule has 0 saturated heterocycles. The molecular formula is C16H19ClN4O3. The van der Waals surface area contributed by atoms with Gasteiger partial charge in [-0.25, -0.2) is 9.48 Å². The second kappa shape index (κ2) is 7.92. The molecule has 8 heteroatoms. The fourth-order valence-corrected chi connectivity index (χ4v) is 2.50. The third-order valence-electron chi connectivity index (χ3n) is 3.53. The lowest BCUT2D eigenvalue weighted by Gasteiger charge is -2.12. The first kappa shape index (κ1) is 17.9. The number of carboxylic acids is 1. The highest BCUT2D eigenvalue weighted by atomic mass is 35.5. The van der Waals surface area contributed by atoms with Crippen molar-refractivity contribution in [3.8, 4) is 5.69 Å². The van der Waals surface area contributed by atoms with Crippen LogP contribution in [0.15, 0.2) is 24.3 Å². The Morgan fingerprint density at radius 3 is 2.71 bits per heavy atom. The number of halogens is 1. The van der Waals surface area contributed by atoms with Crippen molar-refractivity contribution in [3.63, 3.8) is 0 Å². The average Bonchev–Trinajstić information content (AvgIpc) is 2.96. The van der Waals surface area contributed by atoms with Gasteiger partial charge in [0.05, 0.1) is 11.4 Å². The quantitative estimate of drug-likeness (QED) is 0.799. The van der Waals surface area contributed by atoms with E-state index < -0.39 is 17.9 Å². The summed E-state index contributed by atoms with van der Waals surface area (Å²) in [4.78, 5) is 23.5. The molecule has 1 atom stereocenters. The second-order valence-corrected chi connectivity index (χ2v) is 5.74. The smallest absolute Gasteiger partial charge is 0.326 e. The summed E-state index contributed by atoms with van der Waals surface area (Å²) in [5, 5.41) is 20.1. The molecule has 128 valence electrons. The number of benzene rings is 1. The molecule has 1 aromatic carbocycles. The number of nitrogens with zero attached hydrogens (tertiary/aromatic N) is 3. The first-order valence-electron chi connectivity index (χ1n) is 7.72. The predicted molar refractivity (Wildman–Crippen MR) is 89.5 cm³/mol. The van der Waals surface area contributed by atoms with Crippen molar-refractivity contribution in [2.24, 2.45) is 0 Å². The van der Waals surface area contributed by atoms with Gasteiger partial charge in [0.25, 0.3) is 5.91 Å². The van der Waals surface area contributed by atoms with Crippen LogP contribution < -0.4 is 5.32 Å². The molecule has 0 saturated carbocycles. The largest absolute Gasteiger partial charge is 0.480 e. The summed E-state index contributed by atoms with van der Waals surface area (Å²) in [6.45, 7) is 3.66. The number of carbonyl (C=O) groups excluding carboxylic acids is 1. The van der Waals surface area contributed by atoms with Crippen molar-refractivity contribution >= 4 is 23.5 Å². The molecule has 7 nitrogen and oxygen atoms in total. The van der Waals surface area contributed by atoms with Crippen molar-refractivity contribution in [3.05, 3.63) is 40.7 Å². The van der Waals surface area contributed by atoms with Crippen LogP contribution in [0.25, 0.3) is 5.69 Å². The Morgan fingerprint density at radius 2 is 2.12 bits per heavy atom. The predicted octanol–water partition coefficient (Wildman–Crippen LogP) is 2.47. The average molecular weight is 351 g/mol. The number of amides is 1. The lowest BCUT2D eigenvalue weighted by molar-refractivity contribution is -0.139. The molecule has 1 unspecified atom stereocenters. The van der Waals surface area contributed by atoms with Crippen LogP contribution in [0, 0.1) is 0 Å². The third-order valence-corrected chi connectivity index (χ3v) is 3.76. The van der Waals surface area contributed by atoms with Crippen LogP contribution in [0.4, 0.5) is 0 Å². The van der Waals surface area contributed by atoms with Crippen LogP contribution in [0.1, 0.15) is 42.9 Å². The number of aliphatic carboxylic acids is 1. The summed E-state index contributed by atoms with van der Waals surface area (Å²) in [6, 6.07) is 6.11. The van der Waals surface area contributed by atoms with E-state index in [1.165, 1.54) is 0 Å². The Morgan fingerprint density at radius 1 is 1.38 bits per heavy atom. The summed E-state index contributed by atoms with van der Waals surface area (Å²) in [5.41, 5.74) is 1.46. The van der Waals surface area contributed by atoms with Crippen molar-refractivity contribution in [1.82, 2.24) is 20.3 Å². The highest BCUT2D eigenvalue weighted by molar-refractivity contribution is 6.30. The van der Waals surface area contributed by atoms with Crippen LogP contribution >= 0.6 is 11.6 Å². The van der Waals surface area contributed by atoms with Crippen molar-refractivity contribution in [1.29, 1.82) is 0 Å². The highest BCUT2D eigenvalue weighted by Gasteiger charge is 2.24. The zero-order valence-electron chi connectivity index (χ0n) is 13.5. The Kier molecular flexibility index (Phi) is 5.92. The number of carboxylic acid groups (broad SMARTS) is 1. The van der Waals surface area contributed by atoms with Crippen molar-refractivity contribution < 1.29 is 14.7 Å². The van der Waals surface area contributed by atoms with E-state index in [-0.39, 0.29) is 12.1 Å². The zero-order valence-corrected chi connectivity index (χ0v) is 14.2. The molecule has 0 fully saturated rings. The normalized spacial score (nSPS) is 12.0. The number of rotatable bonds is 7. The van der Waals surface area contributed by atoms with Gasteiger partial charge in [0.15, 0.2) is 5.69 Å². The second-order valence-electron chi connectivity index (χ2n) is 5.30. The molecule has 1 heterocycles. The fourth-order valence-electron chi connectivity index (χ4n) is 2.32. The van der Waals surface area contributed by atoms with E-state index in [2.05, 4.69) is 15.6 Å². The molecule has 0 bridgehead atoms. The van der Waals surface area contributed by atoms with E-state index in [1.54, 1.807) is 29.8 Å². The topological polar surface area (TPSA) is 97.1 Å². The Balaban J connectivity index is 2.37. The standard InChI is InChI=1S/C16H19ClN4O3/c1-3-6-13-14(15(22)18-12(4-2)16(23)24)19-20-21(13)11-8-5-7-10(17)9-11/h5,7-9,12H,3-4,6H2,1-2H3,(H,18,22)(H,23,24). The van der Waals surface area contributed by atoms with Gasteiger partial charge in [0, 0.05) is 5.02 Å². The number of hydrogen-bond acceptors (Lipinski definition) is 4. The Hall–Kier alpha value is -2.41. The first-order valence-corrected chi connectivity index (χ1v) is 8.09. The van der Waals surface area contributed by atoms with Crippen LogP contribution in [0.2, 0.25) is 5.02 Å². The summed E-state index contributed by atoms with van der Waals surface area (Å²) in [7, 11) is 0. The molecule has 1 aromatic heterocycles. The molecule has 0 aliphatic heterocycles. The van der Waals surface area contributed by atoms with Crippen molar-refractivity contribution in [2.75, 3.05) is 0 Å². The third kappa shape index (κ3) is 3.91. The molecule has 2 aromatic rings. The number of aromatic nitrogens is 3. The lowest BCUT2D eigenvalue weighted by atomic mass is 10.1. The van der Waals surface area contributed by atoms with Gasteiger partial charge >= 0.3 is 5.97 Å². The molecule has 0 radical (unpaired) electrons. The van der Waals surface area contributed by atoms with E-state index in [1.807, 2.05) is 13.0 Å². The Bertz CT molecular complexity index is 745. The summed E-state index contributed by atoms with van der Waals surface area (Å²) < 4.78 is 1.56. The van der Waals surface area contributed by atoms with Crippen LogP contribution in [0.5, 0.6) is 0 Å². The number of hydrogen-bond donors (Lipinski definition) is 2. The van der Waals surface area contributed by atoms with Crippen LogP contribution in [-0.2, 0) is 11.2 Å². The van der Waals surface area contributed by atoms with E-state index in [4.69, 9.17) is 16.7 Å². The van der Waals surface area contributed by atoms with E-state index in [9.17, 15) is 9.59 Å².